The Bertz CT molecular complexity index is 804. The first-order valence-electron chi connectivity index (χ1n) is 11.7. The van der Waals surface area contributed by atoms with Crippen LogP contribution in [0, 0.1) is 0 Å². The predicted molar refractivity (Wildman–Crippen MR) is 125 cm³/mol. The van der Waals surface area contributed by atoms with E-state index in [9.17, 15) is 9.59 Å². The highest BCUT2D eigenvalue weighted by atomic mass is 16.5. The first-order chi connectivity index (χ1) is 15.4. The molecule has 0 fully saturated rings. The number of ether oxygens (including phenoxy) is 3. The van der Waals surface area contributed by atoms with Gasteiger partial charge in [-0.15, -0.1) is 0 Å². The Kier molecular flexibility index (Phi) is 10.4. The maximum Gasteiger partial charge on any atom is 0.338 e. The summed E-state index contributed by atoms with van der Waals surface area (Å²) < 4.78 is 17.0. The lowest BCUT2D eigenvalue weighted by Gasteiger charge is -2.30. The van der Waals surface area contributed by atoms with E-state index in [4.69, 9.17) is 14.2 Å². The van der Waals surface area contributed by atoms with Gasteiger partial charge in [0.2, 0.25) is 0 Å². The average molecular weight is 447 g/mol. The van der Waals surface area contributed by atoms with Gasteiger partial charge in [-0.1, -0.05) is 45.6 Å². The SMILES string of the molecule is CCCCCCOc1ccc(C2NC(=O)NC(CCCC)=C2C(=O)OC(C)C)cc1OC. The Labute approximate surface area is 191 Å². The number of benzene rings is 1. The molecule has 0 aliphatic carbocycles. The fourth-order valence-electron chi connectivity index (χ4n) is 3.63. The van der Waals surface area contributed by atoms with Gasteiger partial charge in [-0.3, -0.25) is 0 Å². The quantitative estimate of drug-likeness (QED) is 0.313. The molecule has 1 aliphatic heterocycles. The van der Waals surface area contributed by atoms with Crippen LogP contribution in [-0.2, 0) is 9.53 Å². The van der Waals surface area contributed by atoms with E-state index in [2.05, 4.69) is 24.5 Å². The second-order valence-electron chi connectivity index (χ2n) is 8.30. The number of amides is 2. The minimum absolute atomic E-state index is 0.265. The maximum absolute atomic E-state index is 13.0. The predicted octanol–water partition coefficient (Wildman–Crippen LogP) is 5.40. The number of esters is 1. The summed E-state index contributed by atoms with van der Waals surface area (Å²) in [6, 6.07) is 4.55. The molecule has 7 nitrogen and oxygen atoms in total. The Morgan fingerprint density at radius 2 is 1.81 bits per heavy atom. The summed E-state index contributed by atoms with van der Waals surface area (Å²) in [5.41, 5.74) is 1.78. The maximum atomic E-state index is 13.0. The van der Waals surface area contributed by atoms with Gasteiger partial charge in [0.1, 0.15) is 0 Å². The molecule has 2 N–H and O–H groups in total. The van der Waals surface area contributed by atoms with Crippen molar-refractivity contribution in [3.63, 3.8) is 0 Å². The van der Waals surface area contributed by atoms with Crippen molar-refractivity contribution in [3.05, 3.63) is 35.0 Å². The highest BCUT2D eigenvalue weighted by Crippen LogP contribution is 2.35. The molecular weight excluding hydrogens is 408 g/mol. The number of rotatable bonds is 13. The molecule has 1 aromatic carbocycles. The standard InChI is InChI=1S/C25H38N2O5/c1-6-8-10-11-15-31-20-14-13-18(16-21(20)30-5)23-22(24(28)32-17(3)4)19(12-9-7-2)26-25(29)27-23/h13-14,16-17,23H,6-12,15H2,1-5H3,(H2,26,27,29). The van der Waals surface area contributed by atoms with Gasteiger partial charge < -0.3 is 24.8 Å². The molecule has 1 aromatic rings. The fourth-order valence-corrected chi connectivity index (χ4v) is 3.63. The normalized spacial score (nSPS) is 15.9. The minimum Gasteiger partial charge on any atom is -0.493 e. The van der Waals surface area contributed by atoms with Crippen LogP contribution in [0.4, 0.5) is 4.79 Å². The van der Waals surface area contributed by atoms with Crippen molar-refractivity contribution in [2.45, 2.75) is 84.8 Å². The van der Waals surface area contributed by atoms with Crippen molar-refractivity contribution >= 4 is 12.0 Å². The van der Waals surface area contributed by atoms with Crippen molar-refractivity contribution in [3.8, 4) is 11.5 Å². The number of methoxy groups -OCH3 is 1. The van der Waals surface area contributed by atoms with Crippen molar-refractivity contribution in [2.24, 2.45) is 0 Å². The molecule has 0 saturated heterocycles. The summed E-state index contributed by atoms with van der Waals surface area (Å²) in [5.74, 6) is 0.783. The average Bonchev–Trinajstić information content (AvgIpc) is 2.76. The van der Waals surface area contributed by atoms with Gasteiger partial charge in [0, 0.05) is 5.70 Å². The Balaban J connectivity index is 2.34. The molecule has 0 saturated carbocycles. The molecular formula is C25H38N2O5. The number of urea groups is 1. The van der Waals surface area contributed by atoms with Crippen LogP contribution >= 0.6 is 0 Å². The zero-order valence-electron chi connectivity index (χ0n) is 20.1. The lowest BCUT2D eigenvalue weighted by Crippen LogP contribution is -2.46. The van der Waals surface area contributed by atoms with Gasteiger partial charge in [-0.25, -0.2) is 9.59 Å². The van der Waals surface area contributed by atoms with E-state index in [1.165, 1.54) is 12.8 Å². The topological polar surface area (TPSA) is 85.9 Å². The van der Waals surface area contributed by atoms with Gasteiger partial charge in [0.15, 0.2) is 11.5 Å². The molecule has 7 heteroatoms. The second kappa shape index (κ2) is 13.0. The number of hydrogen-bond acceptors (Lipinski definition) is 5. The lowest BCUT2D eigenvalue weighted by atomic mass is 9.93. The van der Waals surface area contributed by atoms with Crippen LogP contribution in [0.5, 0.6) is 11.5 Å². The van der Waals surface area contributed by atoms with Gasteiger partial charge in [-0.05, 0) is 50.8 Å². The third-order valence-corrected chi connectivity index (χ3v) is 5.27. The van der Waals surface area contributed by atoms with Crippen LogP contribution < -0.4 is 20.1 Å². The Hall–Kier alpha value is -2.70. The number of unbranched alkanes of at least 4 members (excludes halogenated alkanes) is 4. The molecule has 2 rings (SSSR count). The summed E-state index contributed by atoms with van der Waals surface area (Å²) in [6.07, 6.45) is 6.61. The number of carbonyl (C=O) groups excluding carboxylic acids is 2. The molecule has 1 aliphatic rings. The summed E-state index contributed by atoms with van der Waals surface area (Å²) in [6.45, 7) is 8.48. The molecule has 1 heterocycles. The van der Waals surface area contributed by atoms with Crippen LogP contribution in [0.25, 0.3) is 0 Å². The van der Waals surface area contributed by atoms with E-state index in [1.54, 1.807) is 7.11 Å². The van der Waals surface area contributed by atoms with Crippen LogP contribution in [0.15, 0.2) is 29.5 Å². The molecule has 1 atom stereocenters. The van der Waals surface area contributed by atoms with E-state index in [0.717, 1.165) is 31.2 Å². The highest BCUT2D eigenvalue weighted by molar-refractivity contribution is 5.95. The van der Waals surface area contributed by atoms with E-state index in [1.807, 2.05) is 32.0 Å². The Morgan fingerprint density at radius 1 is 1.06 bits per heavy atom. The van der Waals surface area contributed by atoms with Gasteiger partial charge in [0.25, 0.3) is 0 Å². The van der Waals surface area contributed by atoms with E-state index in [0.29, 0.717) is 35.8 Å². The van der Waals surface area contributed by atoms with Gasteiger partial charge >= 0.3 is 12.0 Å². The first-order valence-corrected chi connectivity index (χ1v) is 11.7. The van der Waals surface area contributed by atoms with Crippen molar-refractivity contribution in [1.29, 1.82) is 0 Å². The molecule has 32 heavy (non-hydrogen) atoms. The number of nitrogens with one attached hydrogen (secondary N) is 2. The lowest BCUT2D eigenvalue weighted by molar-refractivity contribution is -0.143. The first kappa shape index (κ1) is 25.6. The molecule has 2 amide bonds. The molecule has 0 spiro atoms. The van der Waals surface area contributed by atoms with Crippen LogP contribution in [-0.4, -0.2) is 31.8 Å². The summed E-state index contributed by atoms with van der Waals surface area (Å²) in [7, 11) is 1.58. The molecule has 0 radical (unpaired) electrons. The molecule has 0 bridgehead atoms. The third-order valence-electron chi connectivity index (χ3n) is 5.27. The fraction of sp³-hybridized carbons (Fsp3) is 0.600. The zero-order chi connectivity index (χ0) is 23.5. The monoisotopic (exact) mass is 446 g/mol. The summed E-state index contributed by atoms with van der Waals surface area (Å²) >= 11 is 0. The summed E-state index contributed by atoms with van der Waals surface area (Å²) in [5, 5.41) is 5.69. The zero-order valence-corrected chi connectivity index (χ0v) is 20.1. The van der Waals surface area contributed by atoms with E-state index >= 15 is 0 Å². The highest BCUT2D eigenvalue weighted by Gasteiger charge is 2.34. The third kappa shape index (κ3) is 7.18. The van der Waals surface area contributed by atoms with Crippen molar-refractivity contribution < 1.29 is 23.8 Å². The van der Waals surface area contributed by atoms with Gasteiger partial charge in [0.05, 0.1) is 31.4 Å². The smallest absolute Gasteiger partial charge is 0.338 e. The number of carbonyl (C=O) groups is 2. The van der Waals surface area contributed by atoms with E-state index < -0.39 is 12.0 Å². The summed E-state index contributed by atoms with van der Waals surface area (Å²) in [4.78, 5) is 25.4. The van der Waals surface area contributed by atoms with E-state index in [-0.39, 0.29) is 12.1 Å². The van der Waals surface area contributed by atoms with Crippen molar-refractivity contribution in [1.82, 2.24) is 10.6 Å². The number of allylic oxidation sites excluding steroid dienone is 1. The molecule has 178 valence electrons. The minimum atomic E-state index is -0.630. The van der Waals surface area contributed by atoms with Crippen LogP contribution in [0.2, 0.25) is 0 Å². The second-order valence-corrected chi connectivity index (χ2v) is 8.30. The number of hydrogen-bond donors (Lipinski definition) is 2. The van der Waals surface area contributed by atoms with Crippen molar-refractivity contribution in [2.75, 3.05) is 13.7 Å². The Morgan fingerprint density at radius 3 is 2.47 bits per heavy atom. The van der Waals surface area contributed by atoms with Crippen LogP contribution in [0.3, 0.4) is 0 Å². The van der Waals surface area contributed by atoms with Crippen LogP contribution in [0.1, 0.15) is 84.2 Å². The largest absolute Gasteiger partial charge is 0.493 e. The molecule has 1 unspecified atom stereocenters. The van der Waals surface area contributed by atoms with Gasteiger partial charge in [-0.2, -0.15) is 0 Å². The molecule has 0 aromatic heterocycles.